The van der Waals surface area contributed by atoms with E-state index in [1.807, 2.05) is 13.8 Å². The molecule has 7 heteroatoms. The highest BCUT2D eigenvalue weighted by atomic mass is 16.3. The standard InChI is InChI=1S/C16H22N4O3/c1-9-12(7-13(22)20-6-4-5-11(21)8-20)10(2)17-15-14(9)16(23)18-19(15)3/h11,21H,4-8H2,1-3H3,(H,18,23). The molecule has 1 saturated heterocycles. The number of amides is 1. The van der Waals surface area contributed by atoms with Crippen LogP contribution in [0.3, 0.4) is 0 Å². The fraction of sp³-hybridized carbons (Fsp3) is 0.562. The van der Waals surface area contributed by atoms with Crippen LogP contribution in [0.25, 0.3) is 11.0 Å². The highest BCUT2D eigenvalue weighted by Crippen LogP contribution is 2.21. The van der Waals surface area contributed by atoms with Crippen molar-refractivity contribution in [3.05, 3.63) is 27.2 Å². The summed E-state index contributed by atoms with van der Waals surface area (Å²) < 4.78 is 1.60. The van der Waals surface area contributed by atoms with Gasteiger partial charge in [0.05, 0.1) is 17.9 Å². The Labute approximate surface area is 133 Å². The fourth-order valence-corrected chi connectivity index (χ4v) is 3.35. The number of likely N-dealkylation sites (tertiary alicyclic amines) is 1. The van der Waals surface area contributed by atoms with Crippen LogP contribution in [-0.2, 0) is 18.3 Å². The fourth-order valence-electron chi connectivity index (χ4n) is 3.35. The van der Waals surface area contributed by atoms with Crippen molar-refractivity contribution in [2.75, 3.05) is 13.1 Å². The van der Waals surface area contributed by atoms with E-state index < -0.39 is 6.10 Å². The highest BCUT2D eigenvalue weighted by molar-refractivity contribution is 5.84. The largest absolute Gasteiger partial charge is 0.391 e. The lowest BCUT2D eigenvalue weighted by Gasteiger charge is -2.30. The second kappa shape index (κ2) is 5.81. The van der Waals surface area contributed by atoms with Crippen LogP contribution >= 0.6 is 0 Å². The quantitative estimate of drug-likeness (QED) is 0.839. The van der Waals surface area contributed by atoms with E-state index in [1.165, 1.54) is 0 Å². The number of aliphatic hydroxyl groups is 1. The number of hydrogen-bond acceptors (Lipinski definition) is 4. The summed E-state index contributed by atoms with van der Waals surface area (Å²) in [7, 11) is 1.75. The van der Waals surface area contributed by atoms with Gasteiger partial charge in [0.25, 0.3) is 5.56 Å². The summed E-state index contributed by atoms with van der Waals surface area (Å²) in [5.74, 6) is -0.0246. The summed E-state index contributed by atoms with van der Waals surface area (Å²) in [6.07, 6.45) is 1.34. The number of aliphatic hydroxyl groups excluding tert-OH is 1. The molecule has 3 heterocycles. The maximum absolute atomic E-state index is 12.5. The number of hydrogen-bond donors (Lipinski definition) is 2. The van der Waals surface area contributed by atoms with E-state index in [4.69, 9.17) is 0 Å². The molecule has 1 amide bonds. The van der Waals surface area contributed by atoms with Gasteiger partial charge in [-0.1, -0.05) is 0 Å². The third kappa shape index (κ3) is 2.76. The first-order valence-corrected chi connectivity index (χ1v) is 7.89. The van der Waals surface area contributed by atoms with Crippen molar-refractivity contribution in [2.24, 2.45) is 7.05 Å². The Kier molecular flexibility index (Phi) is 3.97. The molecule has 1 atom stereocenters. The van der Waals surface area contributed by atoms with Gasteiger partial charge in [0.1, 0.15) is 0 Å². The van der Waals surface area contributed by atoms with E-state index in [0.29, 0.717) is 24.1 Å². The molecule has 2 aromatic rings. The third-order valence-electron chi connectivity index (χ3n) is 4.65. The Bertz CT molecular complexity index is 821. The van der Waals surface area contributed by atoms with Crippen molar-refractivity contribution in [1.82, 2.24) is 19.7 Å². The number of aromatic amines is 1. The molecule has 1 aliphatic heterocycles. The molecule has 7 nitrogen and oxygen atoms in total. The van der Waals surface area contributed by atoms with Crippen molar-refractivity contribution < 1.29 is 9.90 Å². The van der Waals surface area contributed by atoms with Crippen molar-refractivity contribution in [3.8, 4) is 0 Å². The number of β-amino-alcohol motifs (C(OH)–C–C–N with tert-alkyl or cyclic N) is 1. The number of H-pyrrole nitrogens is 1. The molecule has 3 rings (SSSR count). The number of carbonyl (C=O) groups is 1. The molecule has 124 valence electrons. The van der Waals surface area contributed by atoms with Gasteiger partial charge in [0.2, 0.25) is 5.91 Å². The van der Waals surface area contributed by atoms with Gasteiger partial charge in [0.15, 0.2) is 5.65 Å². The molecule has 2 N–H and O–H groups in total. The van der Waals surface area contributed by atoms with E-state index >= 15 is 0 Å². The number of nitrogens with one attached hydrogen (secondary N) is 1. The molecule has 0 bridgehead atoms. The van der Waals surface area contributed by atoms with Crippen molar-refractivity contribution in [2.45, 2.75) is 39.2 Å². The number of carbonyl (C=O) groups excluding carboxylic acids is 1. The number of aryl methyl sites for hydroxylation is 3. The van der Waals surface area contributed by atoms with E-state index in [9.17, 15) is 14.7 Å². The molecule has 0 aliphatic carbocycles. The zero-order chi connectivity index (χ0) is 16.7. The average molecular weight is 318 g/mol. The number of rotatable bonds is 2. The molecule has 23 heavy (non-hydrogen) atoms. The topological polar surface area (TPSA) is 91.2 Å². The van der Waals surface area contributed by atoms with Crippen LogP contribution in [0.5, 0.6) is 0 Å². The number of nitrogens with zero attached hydrogens (tertiary/aromatic N) is 3. The lowest BCUT2D eigenvalue weighted by Crippen LogP contribution is -2.43. The summed E-state index contributed by atoms with van der Waals surface area (Å²) in [5.41, 5.74) is 2.79. The predicted octanol–water partition coefficient (Wildman–Crippen LogP) is 0.404. The Morgan fingerprint density at radius 1 is 1.43 bits per heavy atom. The normalized spacial score (nSPS) is 18.6. The molecule has 0 aromatic carbocycles. The molecule has 0 radical (unpaired) electrons. The van der Waals surface area contributed by atoms with E-state index in [-0.39, 0.29) is 17.9 Å². The number of pyridine rings is 1. The van der Waals surface area contributed by atoms with Gasteiger partial charge in [-0.2, -0.15) is 0 Å². The molecule has 0 spiro atoms. The van der Waals surface area contributed by atoms with Crippen LogP contribution in [0.4, 0.5) is 0 Å². The molecule has 0 saturated carbocycles. The number of fused-ring (bicyclic) bond motifs is 1. The average Bonchev–Trinajstić information content (AvgIpc) is 2.77. The van der Waals surface area contributed by atoms with Crippen LogP contribution in [-0.4, -0.2) is 49.9 Å². The second-order valence-electron chi connectivity index (χ2n) is 6.31. The van der Waals surface area contributed by atoms with E-state index in [1.54, 1.807) is 16.6 Å². The van der Waals surface area contributed by atoms with Gasteiger partial charge >= 0.3 is 0 Å². The Hall–Kier alpha value is -2.15. The summed E-state index contributed by atoms with van der Waals surface area (Å²) in [6, 6.07) is 0. The van der Waals surface area contributed by atoms with Crippen LogP contribution in [0.1, 0.15) is 29.7 Å². The molecule has 1 unspecified atom stereocenters. The molecular formula is C16H22N4O3. The van der Waals surface area contributed by atoms with E-state index in [0.717, 1.165) is 29.7 Å². The van der Waals surface area contributed by atoms with Crippen LogP contribution in [0.15, 0.2) is 4.79 Å². The zero-order valence-corrected chi connectivity index (χ0v) is 13.7. The Balaban J connectivity index is 1.95. The maximum atomic E-state index is 12.5. The Morgan fingerprint density at radius 2 is 2.17 bits per heavy atom. The first-order valence-electron chi connectivity index (χ1n) is 7.89. The maximum Gasteiger partial charge on any atom is 0.273 e. The van der Waals surface area contributed by atoms with Gasteiger partial charge in [-0.3, -0.25) is 19.4 Å². The first kappa shape index (κ1) is 15.7. The van der Waals surface area contributed by atoms with Crippen molar-refractivity contribution in [1.29, 1.82) is 0 Å². The SMILES string of the molecule is Cc1nc2c(c(C)c1CC(=O)N1CCCC(O)C1)c(=O)[nH]n2C. The third-order valence-corrected chi connectivity index (χ3v) is 4.65. The predicted molar refractivity (Wildman–Crippen MR) is 86.3 cm³/mol. The van der Waals surface area contributed by atoms with Gasteiger partial charge in [-0.25, -0.2) is 4.98 Å². The number of piperidine rings is 1. The summed E-state index contributed by atoms with van der Waals surface area (Å²) >= 11 is 0. The van der Waals surface area contributed by atoms with E-state index in [2.05, 4.69) is 10.1 Å². The minimum Gasteiger partial charge on any atom is -0.391 e. The lowest BCUT2D eigenvalue weighted by molar-refractivity contribution is -0.133. The van der Waals surface area contributed by atoms with Gasteiger partial charge in [-0.15, -0.1) is 0 Å². The summed E-state index contributed by atoms with van der Waals surface area (Å²) in [6.45, 7) is 4.78. The first-order chi connectivity index (χ1) is 10.9. The summed E-state index contributed by atoms with van der Waals surface area (Å²) in [5, 5.41) is 13.0. The van der Waals surface area contributed by atoms with Crippen molar-refractivity contribution >= 4 is 16.9 Å². The zero-order valence-electron chi connectivity index (χ0n) is 13.7. The van der Waals surface area contributed by atoms with Gasteiger partial charge in [-0.05, 0) is 37.8 Å². The number of aromatic nitrogens is 3. The minimum atomic E-state index is -0.438. The molecular weight excluding hydrogens is 296 g/mol. The smallest absolute Gasteiger partial charge is 0.273 e. The molecule has 1 fully saturated rings. The summed E-state index contributed by atoms with van der Waals surface area (Å²) in [4.78, 5) is 30.8. The molecule has 1 aliphatic rings. The Morgan fingerprint density at radius 3 is 2.87 bits per heavy atom. The molecule has 2 aromatic heterocycles. The van der Waals surface area contributed by atoms with Crippen molar-refractivity contribution in [3.63, 3.8) is 0 Å². The lowest BCUT2D eigenvalue weighted by atomic mass is 10.0. The van der Waals surface area contributed by atoms with Crippen LogP contribution in [0, 0.1) is 13.8 Å². The monoisotopic (exact) mass is 318 g/mol. The second-order valence-corrected chi connectivity index (χ2v) is 6.31. The minimum absolute atomic E-state index is 0.0246. The van der Waals surface area contributed by atoms with Crippen LogP contribution in [0.2, 0.25) is 0 Å². The highest BCUT2D eigenvalue weighted by Gasteiger charge is 2.24. The van der Waals surface area contributed by atoms with Crippen LogP contribution < -0.4 is 5.56 Å². The van der Waals surface area contributed by atoms with Gasteiger partial charge in [0, 0.05) is 25.8 Å². The van der Waals surface area contributed by atoms with Gasteiger partial charge < -0.3 is 10.0 Å².